The van der Waals surface area contributed by atoms with Gasteiger partial charge in [-0.25, -0.2) is 0 Å². The molecule has 0 radical (unpaired) electrons. The molecule has 2 heteroatoms. The van der Waals surface area contributed by atoms with Crippen LogP contribution in [0.2, 0.25) is 0 Å². The number of rotatable bonds is 2. The van der Waals surface area contributed by atoms with Gasteiger partial charge in [0.2, 0.25) is 0 Å². The average Bonchev–Trinajstić information content (AvgIpc) is 2.94. The highest BCUT2D eigenvalue weighted by Crippen LogP contribution is 2.27. The summed E-state index contributed by atoms with van der Waals surface area (Å²) >= 11 is 0. The van der Waals surface area contributed by atoms with Gasteiger partial charge in [-0.15, -0.1) is 0 Å². The van der Waals surface area contributed by atoms with Crippen molar-refractivity contribution in [2.45, 2.75) is 32.2 Å². The van der Waals surface area contributed by atoms with Crippen molar-refractivity contribution in [2.75, 3.05) is 11.4 Å². The first-order chi connectivity index (χ1) is 8.84. The van der Waals surface area contributed by atoms with Crippen LogP contribution in [0.25, 0.3) is 11.3 Å². The van der Waals surface area contributed by atoms with Crippen LogP contribution in [-0.4, -0.2) is 12.6 Å². The smallest absolute Gasteiger partial charge is 0.133 e. The van der Waals surface area contributed by atoms with Crippen molar-refractivity contribution in [1.82, 2.24) is 0 Å². The van der Waals surface area contributed by atoms with Gasteiger partial charge in [-0.1, -0.05) is 0 Å². The minimum atomic E-state index is 0.660. The molecular weight excluding hydrogens is 222 g/mol. The van der Waals surface area contributed by atoms with E-state index in [0.29, 0.717) is 6.04 Å². The van der Waals surface area contributed by atoms with Gasteiger partial charge in [0, 0.05) is 23.8 Å². The van der Waals surface area contributed by atoms with Crippen LogP contribution < -0.4 is 4.90 Å². The normalized spacial score (nSPS) is 20.1. The van der Waals surface area contributed by atoms with E-state index in [1.54, 1.807) is 6.26 Å². The molecule has 1 saturated heterocycles. The van der Waals surface area contributed by atoms with Crippen LogP contribution in [0.15, 0.2) is 47.1 Å². The summed E-state index contributed by atoms with van der Waals surface area (Å²) in [7, 11) is 0. The van der Waals surface area contributed by atoms with Crippen molar-refractivity contribution < 1.29 is 4.42 Å². The first-order valence-corrected chi connectivity index (χ1v) is 6.75. The molecule has 0 amide bonds. The molecule has 2 nitrogen and oxygen atoms in total. The molecule has 1 aliphatic rings. The Morgan fingerprint density at radius 2 is 1.94 bits per heavy atom. The minimum absolute atomic E-state index is 0.660. The SMILES string of the molecule is CC1CCCCN1c1ccc(-c2ccco2)cc1. The van der Waals surface area contributed by atoms with E-state index in [9.17, 15) is 0 Å². The lowest BCUT2D eigenvalue weighted by molar-refractivity contribution is 0.485. The van der Waals surface area contributed by atoms with Crippen molar-refractivity contribution in [3.05, 3.63) is 42.7 Å². The molecule has 0 saturated carbocycles. The van der Waals surface area contributed by atoms with E-state index in [2.05, 4.69) is 36.1 Å². The highest BCUT2D eigenvalue weighted by atomic mass is 16.3. The lowest BCUT2D eigenvalue weighted by atomic mass is 10.0. The zero-order chi connectivity index (χ0) is 12.4. The number of hydrogen-bond donors (Lipinski definition) is 0. The second-order valence-electron chi connectivity index (χ2n) is 5.06. The lowest BCUT2D eigenvalue weighted by Crippen LogP contribution is -2.37. The topological polar surface area (TPSA) is 16.4 Å². The Kier molecular flexibility index (Phi) is 3.09. The predicted octanol–water partition coefficient (Wildman–Crippen LogP) is 4.33. The van der Waals surface area contributed by atoms with Crippen LogP contribution in [-0.2, 0) is 0 Å². The summed E-state index contributed by atoms with van der Waals surface area (Å²) in [6, 6.07) is 13.3. The Hall–Kier alpha value is -1.70. The van der Waals surface area contributed by atoms with Gasteiger partial charge >= 0.3 is 0 Å². The molecule has 94 valence electrons. The van der Waals surface area contributed by atoms with Gasteiger partial charge < -0.3 is 9.32 Å². The zero-order valence-electron chi connectivity index (χ0n) is 10.8. The highest BCUT2D eigenvalue weighted by Gasteiger charge is 2.18. The third kappa shape index (κ3) is 2.15. The standard InChI is InChI=1S/C16H19NO/c1-13-5-2-3-11-17(13)15-9-7-14(8-10-15)16-6-4-12-18-16/h4,6-10,12-13H,2-3,5,11H2,1H3. The molecule has 1 aliphatic heterocycles. The molecule has 3 rings (SSSR count). The van der Waals surface area contributed by atoms with Crippen molar-refractivity contribution in [1.29, 1.82) is 0 Å². The quantitative estimate of drug-likeness (QED) is 0.778. The molecule has 18 heavy (non-hydrogen) atoms. The summed E-state index contributed by atoms with van der Waals surface area (Å²) in [4.78, 5) is 2.51. The van der Waals surface area contributed by atoms with E-state index in [1.165, 1.54) is 31.5 Å². The van der Waals surface area contributed by atoms with E-state index in [4.69, 9.17) is 4.42 Å². The van der Waals surface area contributed by atoms with Crippen LogP contribution in [0.3, 0.4) is 0 Å². The number of furan rings is 1. The molecular formula is C16H19NO. The first kappa shape index (κ1) is 11.4. The summed E-state index contributed by atoms with van der Waals surface area (Å²) in [5.41, 5.74) is 2.48. The number of benzene rings is 1. The maximum absolute atomic E-state index is 5.41. The molecule has 0 N–H and O–H groups in total. The van der Waals surface area contributed by atoms with Crippen molar-refractivity contribution in [3.8, 4) is 11.3 Å². The third-order valence-corrected chi connectivity index (χ3v) is 3.81. The van der Waals surface area contributed by atoms with Crippen LogP contribution >= 0.6 is 0 Å². The second-order valence-corrected chi connectivity index (χ2v) is 5.06. The Bertz CT molecular complexity index is 486. The van der Waals surface area contributed by atoms with Gasteiger partial charge in [-0.3, -0.25) is 0 Å². The Morgan fingerprint density at radius 3 is 2.61 bits per heavy atom. The van der Waals surface area contributed by atoms with Gasteiger partial charge in [0.15, 0.2) is 0 Å². The van der Waals surface area contributed by atoms with E-state index in [0.717, 1.165) is 11.3 Å². The maximum Gasteiger partial charge on any atom is 0.133 e. The second kappa shape index (κ2) is 4.89. The monoisotopic (exact) mass is 241 g/mol. The number of piperidine rings is 1. The fourth-order valence-electron chi connectivity index (χ4n) is 2.74. The van der Waals surface area contributed by atoms with Gasteiger partial charge in [0.05, 0.1) is 6.26 Å². The summed E-state index contributed by atoms with van der Waals surface area (Å²) in [5.74, 6) is 0.938. The van der Waals surface area contributed by atoms with Crippen LogP contribution in [0.5, 0.6) is 0 Å². The van der Waals surface area contributed by atoms with E-state index in [-0.39, 0.29) is 0 Å². The molecule has 1 aromatic carbocycles. The molecule has 1 aromatic heterocycles. The van der Waals surface area contributed by atoms with Crippen LogP contribution in [0.4, 0.5) is 5.69 Å². The Balaban J connectivity index is 1.82. The summed E-state index contributed by atoms with van der Waals surface area (Å²) < 4.78 is 5.41. The van der Waals surface area contributed by atoms with Gasteiger partial charge in [0.1, 0.15) is 5.76 Å². The fourth-order valence-corrected chi connectivity index (χ4v) is 2.74. The molecule has 1 fully saturated rings. The van der Waals surface area contributed by atoms with E-state index in [1.807, 2.05) is 12.1 Å². The number of hydrogen-bond acceptors (Lipinski definition) is 2. The van der Waals surface area contributed by atoms with Gasteiger partial charge in [-0.05, 0) is 62.6 Å². The van der Waals surface area contributed by atoms with Crippen molar-refractivity contribution in [2.24, 2.45) is 0 Å². The lowest BCUT2D eigenvalue weighted by Gasteiger charge is -2.35. The molecule has 2 aromatic rings. The predicted molar refractivity (Wildman–Crippen MR) is 74.8 cm³/mol. The molecule has 0 bridgehead atoms. The highest BCUT2D eigenvalue weighted by molar-refractivity contribution is 5.62. The largest absolute Gasteiger partial charge is 0.464 e. The Morgan fingerprint density at radius 1 is 1.11 bits per heavy atom. The number of anilines is 1. The minimum Gasteiger partial charge on any atom is -0.464 e. The average molecular weight is 241 g/mol. The fraction of sp³-hybridized carbons (Fsp3) is 0.375. The maximum atomic E-state index is 5.41. The number of nitrogens with zero attached hydrogens (tertiary/aromatic N) is 1. The van der Waals surface area contributed by atoms with Gasteiger partial charge in [-0.2, -0.15) is 0 Å². The van der Waals surface area contributed by atoms with Crippen molar-refractivity contribution in [3.63, 3.8) is 0 Å². The van der Waals surface area contributed by atoms with E-state index < -0.39 is 0 Å². The van der Waals surface area contributed by atoms with Crippen molar-refractivity contribution >= 4 is 5.69 Å². The first-order valence-electron chi connectivity index (χ1n) is 6.75. The summed E-state index contributed by atoms with van der Waals surface area (Å²) in [6.07, 6.45) is 5.70. The molecule has 2 heterocycles. The molecule has 0 aliphatic carbocycles. The molecule has 1 unspecified atom stereocenters. The summed E-state index contributed by atoms with van der Waals surface area (Å²) in [5, 5.41) is 0. The van der Waals surface area contributed by atoms with Crippen LogP contribution in [0, 0.1) is 0 Å². The van der Waals surface area contributed by atoms with Crippen LogP contribution in [0.1, 0.15) is 26.2 Å². The molecule has 1 atom stereocenters. The third-order valence-electron chi connectivity index (χ3n) is 3.81. The van der Waals surface area contributed by atoms with E-state index >= 15 is 0 Å². The molecule has 0 spiro atoms. The Labute approximate surface area is 108 Å². The zero-order valence-corrected chi connectivity index (χ0v) is 10.8. The summed E-state index contributed by atoms with van der Waals surface area (Å²) in [6.45, 7) is 3.50. The van der Waals surface area contributed by atoms with Gasteiger partial charge in [0.25, 0.3) is 0 Å².